The van der Waals surface area contributed by atoms with Crippen molar-refractivity contribution >= 4 is 21.2 Å². The Morgan fingerprint density at radius 3 is 2.47 bits per heavy atom. The summed E-state index contributed by atoms with van der Waals surface area (Å²) in [4.78, 5) is 12.1. The summed E-state index contributed by atoms with van der Waals surface area (Å²) in [5, 5.41) is 14.2. The van der Waals surface area contributed by atoms with Gasteiger partial charge in [0.15, 0.2) is 9.84 Å². The topological polar surface area (TPSA) is 92.6 Å². The number of nitrogens with one attached hydrogen (secondary N) is 1. The van der Waals surface area contributed by atoms with Gasteiger partial charge in [0.25, 0.3) is 5.69 Å². The third-order valence-corrected chi connectivity index (χ3v) is 4.16. The van der Waals surface area contributed by atoms with E-state index in [1.165, 1.54) is 12.1 Å². The molecule has 7 nitrogen and oxygen atoms in total. The molecule has 1 aromatic rings. The summed E-state index contributed by atoms with van der Waals surface area (Å²) in [6, 6.07) is 4.27. The van der Waals surface area contributed by atoms with Crippen LogP contribution < -0.4 is 10.2 Å². The third-order valence-electron chi connectivity index (χ3n) is 3.02. The lowest BCUT2D eigenvalue weighted by Gasteiger charge is -2.29. The number of benzene rings is 1. The average molecular weight is 285 g/mol. The molecule has 8 heteroatoms. The van der Waals surface area contributed by atoms with E-state index in [4.69, 9.17) is 0 Å². The van der Waals surface area contributed by atoms with Crippen LogP contribution in [0.4, 0.5) is 11.4 Å². The maximum atomic E-state index is 11.5. The molecular weight excluding hydrogens is 270 g/mol. The van der Waals surface area contributed by atoms with Gasteiger partial charge in [0, 0.05) is 44.2 Å². The fourth-order valence-electron chi connectivity index (χ4n) is 2.08. The van der Waals surface area contributed by atoms with Crippen molar-refractivity contribution in [2.24, 2.45) is 0 Å². The quantitative estimate of drug-likeness (QED) is 0.638. The fraction of sp³-hybridized carbons (Fsp3) is 0.455. The number of nitrogens with zero attached hydrogens (tertiary/aromatic N) is 2. The molecule has 1 N–H and O–H groups in total. The molecule has 1 aromatic carbocycles. The van der Waals surface area contributed by atoms with Crippen molar-refractivity contribution in [1.29, 1.82) is 0 Å². The Morgan fingerprint density at radius 2 is 1.95 bits per heavy atom. The Labute approximate surface area is 111 Å². The number of piperazine rings is 1. The van der Waals surface area contributed by atoms with Crippen molar-refractivity contribution in [2.45, 2.75) is 4.90 Å². The summed E-state index contributed by atoms with van der Waals surface area (Å²) >= 11 is 0. The Morgan fingerprint density at radius 1 is 1.32 bits per heavy atom. The molecule has 0 aromatic heterocycles. The van der Waals surface area contributed by atoms with E-state index in [9.17, 15) is 18.5 Å². The zero-order valence-corrected chi connectivity index (χ0v) is 11.3. The van der Waals surface area contributed by atoms with Crippen molar-refractivity contribution in [3.05, 3.63) is 28.3 Å². The molecular formula is C11H15N3O4S. The lowest BCUT2D eigenvalue weighted by Crippen LogP contribution is -2.43. The molecule has 0 atom stereocenters. The minimum absolute atomic E-state index is 0.239. The molecule has 19 heavy (non-hydrogen) atoms. The lowest BCUT2D eigenvalue weighted by atomic mass is 10.2. The normalized spacial score (nSPS) is 16.4. The van der Waals surface area contributed by atoms with Gasteiger partial charge in [0.2, 0.25) is 0 Å². The molecule has 1 aliphatic rings. The van der Waals surface area contributed by atoms with Crippen molar-refractivity contribution in [3.8, 4) is 0 Å². The van der Waals surface area contributed by atoms with Crippen LogP contribution in [0.5, 0.6) is 0 Å². The van der Waals surface area contributed by atoms with Crippen molar-refractivity contribution in [2.75, 3.05) is 37.3 Å². The number of sulfone groups is 1. The van der Waals surface area contributed by atoms with Crippen LogP contribution in [0.2, 0.25) is 0 Å². The van der Waals surface area contributed by atoms with E-state index in [-0.39, 0.29) is 10.6 Å². The SMILES string of the molecule is CS(=O)(=O)c1ccc(N2CCNCC2)cc1[N+](=O)[O-]. The molecule has 0 saturated carbocycles. The lowest BCUT2D eigenvalue weighted by molar-refractivity contribution is -0.387. The van der Waals surface area contributed by atoms with Crippen LogP contribution in [0, 0.1) is 10.1 Å². The second-order valence-electron chi connectivity index (χ2n) is 4.42. The summed E-state index contributed by atoms with van der Waals surface area (Å²) < 4.78 is 23.0. The second-order valence-corrected chi connectivity index (χ2v) is 6.40. The first-order chi connectivity index (χ1) is 8.89. The summed E-state index contributed by atoms with van der Waals surface area (Å²) in [6.45, 7) is 3.11. The number of hydrogen-bond donors (Lipinski definition) is 1. The molecule has 1 saturated heterocycles. The first-order valence-electron chi connectivity index (χ1n) is 5.84. The van der Waals surface area contributed by atoms with Gasteiger partial charge in [-0.15, -0.1) is 0 Å². The van der Waals surface area contributed by atoms with E-state index in [0.717, 1.165) is 32.4 Å². The van der Waals surface area contributed by atoms with Crippen molar-refractivity contribution in [3.63, 3.8) is 0 Å². The third kappa shape index (κ3) is 3.02. The van der Waals surface area contributed by atoms with E-state index in [1.807, 2.05) is 4.90 Å². The smallest absolute Gasteiger partial charge is 0.290 e. The highest BCUT2D eigenvalue weighted by atomic mass is 32.2. The molecule has 0 radical (unpaired) electrons. The fourth-order valence-corrected chi connectivity index (χ4v) is 2.91. The molecule has 0 aliphatic carbocycles. The number of anilines is 1. The molecule has 1 aliphatic heterocycles. The summed E-state index contributed by atoms with van der Waals surface area (Å²) in [6.07, 6.45) is 0.972. The highest BCUT2D eigenvalue weighted by molar-refractivity contribution is 7.90. The van der Waals surface area contributed by atoms with Gasteiger partial charge in [-0.05, 0) is 12.1 Å². The maximum Gasteiger partial charge on any atom is 0.290 e. The standard InChI is InChI=1S/C11H15N3O4S/c1-19(17,18)11-3-2-9(8-10(11)14(15)16)13-6-4-12-5-7-13/h2-3,8,12H,4-7H2,1H3. The Balaban J connectivity index is 2.44. The van der Waals surface area contributed by atoms with E-state index in [1.54, 1.807) is 6.07 Å². The van der Waals surface area contributed by atoms with Gasteiger partial charge < -0.3 is 10.2 Å². The monoisotopic (exact) mass is 285 g/mol. The first kappa shape index (κ1) is 13.8. The van der Waals surface area contributed by atoms with Crippen molar-refractivity contribution in [1.82, 2.24) is 5.32 Å². The molecule has 0 amide bonds. The summed E-state index contributed by atoms with van der Waals surface area (Å²) in [5.74, 6) is 0. The highest BCUT2D eigenvalue weighted by Gasteiger charge is 2.24. The van der Waals surface area contributed by atoms with Crippen LogP contribution in [0.1, 0.15) is 0 Å². The molecule has 0 bridgehead atoms. The van der Waals surface area contributed by atoms with E-state index in [0.29, 0.717) is 5.69 Å². The maximum absolute atomic E-state index is 11.5. The molecule has 1 fully saturated rings. The number of hydrogen-bond acceptors (Lipinski definition) is 6. The predicted octanol–water partition coefficient (Wildman–Crippen LogP) is 0.408. The van der Waals surface area contributed by atoms with Gasteiger partial charge in [-0.2, -0.15) is 0 Å². The number of nitro groups is 1. The zero-order chi connectivity index (χ0) is 14.0. The molecule has 1 heterocycles. The van der Waals surface area contributed by atoms with Gasteiger partial charge >= 0.3 is 0 Å². The van der Waals surface area contributed by atoms with Crippen LogP contribution >= 0.6 is 0 Å². The molecule has 0 spiro atoms. The van der Waals surface area contributed by atoms with Crippen LogP contribution in [0.15, 0.2) is 23.1 Å². The van der Waals surface area contributed by atoms with Crippen LogP contribution in [-0.2, 0) is 9.84 Å². The predicted molar refractivity (Wildman–Crippen MR) is 71.3 cm³/mol. The van der Waals surface area contributed by atoms with Gasteiger partial charge in [-0.25, -0.2) is 8.42 Å². The van der Waals surface area contributed by atoms with Crippen LogP contribution in [0.3, 0.4) is 0 Å². The molecule has 0 unspecified atom stereocenters. The van der Waals surface area contributed by atoms with E-state index < -0.39 is 14.8 Å². The summed E-state index contributed by atoms with van der Waals surface area (Å²) in [5.41, 5.74) is 0.319. The van der Waals surface area contributed by atoms with Gasteiger partial charge in [0.05, 0.1) is 4.92 Å². The second kappa shape index (κ2) is 5.14. The van der Waals surface area contributed by atoms with Crippen LogP contribution in [0.25, 0.3) is 0 Å². The number of nitro benzene ring substituents is 1. The Hall–Kier alpha value is -1.67. The Kier molecular flexibility index (Phi) is 3.72. The van der Waals surface area contributed by atoms with E-state index in [2.05, 4.69) is 5.32 Å². The minimum atomic E-state index is -3.60. The Bertz CT molecular complexity index is 594. The minimum Gasteiger partial charge on any atom is -0.369 e. The van der Waals surface area contributed by atoms with Gasteiger partial charge in [-0.3, -0.25) is 10.1 Å². The molecule has 104 valence electrons. The summed E-state index contributed by atoms with van der Waals surface area (Å²) in [7, 11) is -3.60. The zero-order valence-electron chi connectivity index (χ0n) is 10.5. The highest BCUT2D eigenvalue weighted by Crippen LogP contribution is 2.29. The van der Waals surface area contributed by atoms with Gasteiger partial charge in [0.1, 0.15) is 4.90 Å². The number of rotatable bonds is 3. The average Bonchev–Trinajstić information content (AvgIpc) is 2.38. The van der Waals surface area contributed by atoms with E-state index >= 15 is 0 Å². The first-order valence-corrected chi connectivity index (χ1v) is 7.73. The van der Waals surface area contributed by atoms with Gasteiger partial charge in [-0.1, -0.05) is 0 Å². The molecule has 2 rings (SSSR count). The van der Waals surface area contributed by atoms with Crippen molar-refractivity contribution < 1.29 is 13.3 Å². The largest absolute Gasteiger partial charge is 0.369 e. The van der Waals surface area contributed by atoms with Crippen LogP contribution in [-0.4, -0.2) is 45.8 Å².